The summed E-state index contributed by atoms with van der Waals surface area (Å²) >= 11 is 19.3. The number of halogens is 3. The van der Waals surface area contributed by atoms with Gasteiger partial charge in [0.25, 0.3) is 0 Å². The van der Waals surface area contributed by atoms with Crippen LogP contribution in [0.5, 0.6) is 17.2 Å². The number of benzene rings is 6. The van der Waals surface area contributed by atoms with Gasteiger partial charge < -0.3 is 74.5 Å². The number of aromatic nitrogens is 6. The molecule has 113 heavy (non-hydrogen) atoms. The quantitative estimate of drug-likeness (QED) is 0.0290. The second-order valence-corrected chi connectivity index (χ2v) is 43.5. The Balaban J connectivity index is 0.000000168. The van der Waals surface area contributed by atoms with Crippen LogP contribution in [0.2, 0.25) is 15.1 Å². The van der Waals surface area contributed by atoms with Crippen LogP contribution in [0, 0.1) is 5.92 Å². The van der Waals surface area contributed by atoms with Crippen LogP contribution in [0.25, 0.3) is 6.08 Å². The van der Waals surface area contributed by atoms with E-state index in [0.29, 0.717) is 108 Å². The number of nitrogens with one attached hydrogen (secondary N) is 6. The molecule has 0 bridgehead atoms. The molecule has 1 aliphatic carbocycles. The summed E-state index contributed by atoms with van der Waals surface area (Å²) in [6, 6.07) is 38.0. The fourth-order valence-corrected chi connectivity index (χ4v) is 18.3. The monoisotopic (exact) mass is 1670 g/mol. The van der Waals surface area contributed by atoms with Crippen LogP contribution in [0.15, 0.2) is 145 Å². The van der Waals surface area contributed by atoms with Gasteiger partial charge in [0.1, 0.15) is 54.5 Å². The number of methoxy groups -OCH3 is 2. The number of sulfone groups is 1. The van der Waals surface area contributed by atoms with Gasteiger partial charge >= 0.3 is 0 Å². The second-order valence-electron chi connectivity index (χ2n) is 30.2. The summed E-state index contributed by atoms with van der Waals surface area (Å²) < 4.78 is 80.9. The molecule has 3 fully saturated rings. The molecule has 0 atom stereocenters. The summed E-state index contributed by atoms with van der Waals surface area (Å²) in [5, 5.41) is 22.1. The van der Waals surface area contributed by atoms with E-state index >= 15 is 0 Å². The second kappa shape index (κ2) is 37.4. The summed E-state index contributed by atoms with van der Waals surface area (Å²) in [7, 11) is -5.47. The van der Waals surface area contributed by atoms with E-state index in [-0.39, 0.29) is 11.0 Å². The summed E-state index contributed by atoms with van der Waals surface area (Å²) in [5.74, 6) is 5.21. The van der Waals surface area contributed by atoms with Gasteiger partial charge in [-0.15, -0.1) is 0 Å². The lowest BCUT2D eigenvalue weighted by atomic mass is 9.94. The van der Waals surface area contributed by atoms with Crippen molar-refractivity contribution < 1.29 is 36.3 Å². The number of allylic oxidation sites excluding steroid dienone is 1. The molecule has 4 aliphatic rings. The molecule has 6 N–H and O–H groups in total. The average Bonchev–Trinajstić information content (AvgIpc) is 1.78. The Hall–Kier alpha value is -8.47. The van der Waals surface area contributed by atoms with Gasteiger partial charge in [0.2, 0.25) is 17.8 Å². The molecule has 0 unspecified atom stereocenters. The molecule has 0 amide bonds. The normalized spacial score (nSPS) is 15.2. The molecular weight excluding hydrogens is 1570 g/mol. The fraction of sp³-hybridized carbons (Fsp3) is 0.390. The van der Waals surface area contributed by atoms with Crippen molar-refractivity contribution in [2.24, 2.45) is 5.92 Å². The molecule has 13 rings (SSSR count). The van der Waals surface area contributed by atoms with Crippen molar-refractivity contribution in [2.45, 2.75) is 95.4 Å². The molecular formula is C82H104Cl3N16O8P3S. The van der Waals surface area contributed by atoms with E-state index in [1.54, 1.807) is 135 Å². The van der Waals surface area contributed by atoms with Crippen LogP contribution < -0.4 is 71.8 Å². The first-order chi connectivity index (χ1) is 53.7. The zero-order chi connectivity index (χ0) is 81.1. The summed E-state index contributed by atoms with van der Waals surface area (Å²) in [6.07, 6.45) is 13.7. The van der Waals surface area contributed by atoms with Crippen molar-refractivity contribution in [1.29, 1.82) is 0 Å². The molecule has 602 valence electrons. The third-order valence-electron chi connectivity index (χ3n) is 20.2. The number of para-hydroxylation sites is 2. The lowest BCUT2D eigenvalue weighted by Gasteiger charge is -2.42. The zero-order valence-electron chi connectivity index (χ0n) is 66.7. The number of piperazine rings is 1. The van der Waals surface area contributed by atoms with Gasteiger partial charge in [-0.2, -0.15) is 15.0 Å². The maximum Gasteiger partial charge on any atom is 0.229 e. The molecule has 3 aromatic heterocycles. The smallest absolute Gasteiger partial charge is 0.229 e. The number of anilines is 14. The van der Waals surface area contributed by atoms with Crippen LogP contribution >= 0.6 is 56.2 Å². The standard InChI is InChI=1S/C29H38Cl2N7O2P.C28H37ClN5O2P.C25H29N4O4PS/c1-36-13-15-38(16-14-36)20-9-11-37(12-10-20)21-5-7-26(27(17-21)40-2)34-29-32-19-24(31)28(35-29)33-25-8-6-22(18-23(25)30)41(3,4)39;1-6-20-13-15-34(16-14-20)21-11-12-23(25(17-21)36-19(2)3)32-28-30-18-22(29)27(33-28)31-24-9-7-8-10-26(24)37(4,5)35;1-16(2)35(31,32)23-12-7-6-10-21(23)26-24-18-9-8-11-19(18)27-25(29-24)28-20-14-13-17(34(4,5)30)15-22(20)33-3/h5-8,17-20H,9-16H2,1-4H3,(H2,32,33,34,35);7-12,17-20H,6,13-16H2,1-5H3,(H2,30,31,32,33);6-10,12-16H,11H2,1-5H3,(H2,26,27,28,29). The third-order valence-corrected chi connectivity index (χ3v) is 27.9. The van der Waals surface area contributed by atoms with E-state index in [4.69, 9.17) is 49.0 Å². The minimum absolute atomic E-state index is 0.0141. The third kappa shape index (κ3) is 22.1. The SMILES string of the molecule is CCC1CCN(c2ccc(Nc3ncc(Cl)c(Nc4ccccc4P(C)(C)=O)n3)c(OC(C)C)c2)CC1.COc1cc(N2CCC(N3CCN(C)CC3)CC2)ccc1Nc1ncc(Cl)c(Nc2ccc(P(C)(C)=O)cc2Cl)n1.COc1cc(P(C)(C)=O)ccc1Nc1nc2c(c(Nc3ccccc3S(=O)(=O)C(C)C)n1)C=CC2. The van der Waals surface area contributed by atoms with E-state index < -0.39 is 36.5 Å². The Labute approximate surface area is 680 Å². The summed E-state index contributed by atoms with van der Waals surface area (Å²) in [4.78, 5) is 37.4. The van der Waals surface area contributed by atoms with E-state index in [1.807, 2.05) is 62.4 Å². The van der Waals surface area contributed by atoms with Crippen molar-refractivity contribution in [3.8, 4) is 17.2 Å². The van der Waals surface area contributed by atoms with E-state index in [1.165, 1.54) is 51.4 Å². The number of fused-ring (bicyclic) bond motifs is 1. The maximum absolute atomic E-state index is 12.9. The minimum Gasteiger partial charge on any atom is -0.495 e. The largest absolute Gasteiger partial charge is 0.495 e. The lowest BCUT2D eigenvalue weighted by Crippen LogP contribution is -2.52. The van der Waals surface area contributed by atoms with Crippen molar-refractivity contribution in [3.05, 3.63) is 166 Å². The average molecular weight is 1670 g/mol. The van der Waals surface area contributed by atoms with Gasteiger partial charge in [-0.05, 0) is 191 Å². The van der Waals surface area contributed by atoms with Gasteiger partial charge in [0.15, 0.2) is 21.5 Å². The highest BCUT2D eigenvalue weighted by molar-refractivity contribution is 7.92. The Morgan fingerprint density at radius 2 is 1.00 bits per heavy atom. The minimum atomic E-state index is -3.50. The van der Waals surface area contributed by atoms with Crippen LogP contribution in [0.1, 0.15) is 78.0 Å². The summed E-state index contributed by atoms with van der Waals surface area (Å²) in [5.41, 5.74) is 7.86. The molecule has 3 saturated heterocycles. The molecule has 0 radical (unpaired) electrons. The van der Waals surface area contributed by atoms with Crippen LogP contribution in [-0.4, -0.2) is 179 Å². The van der Waals surface area contributed by atoms with Crippen LogP contribution in [0.3, 0.4) is 0 Å². The van der Waals surface area contributed by atoms with E-state index in [0.717, 1.165) is 90.2 Å². The topological polar surface area (TPSA) is 276 Å². The van der Waals surface area contributed by atoms with Gasteiger partial charge in [-0.1, -0.05) is 84.6 Å². The summed E-state index contributed by atoms with van der Waals surface area (Å²) in [6.45, 7) is 28.8. The van der Waals surface area contributed by atoms with E-state index in [2.05, 4.69) is 120 Å². The van der Waals surface area contributed by atoms with Crippen molar-refractivity contribution in [2.75, 3.05) is 155 Å². The number of rotatable bonds is 25. The molecule has 3 aliphatic heterocycles. The first-order valence-electron chi connectivity index (χ1n) is 38.0. The molecule has 0 saturated carbocycles. The van der Waals surface area contributed by atoms with Gasteiger partial charge in [-0.25, -0.2) is 23.4 Å². The Kier molecular flexibility index (Phi) is 28.3. The van der Waals surface area contributed by atoms with Gasteiger partial charge in [0.05, 0.1) is 87.7 Å². The van der Waals surface area contributed by atoms with Crippen LogP contribution in [0.4, 0.5) is 80.8 Å². The van der Waals surface area contributed by atoms with Crippen molar-refractivity contribution in [3.63, 3.8) is 0 Å². The number of nitrogens with zero attached hydrogens (tertiary/aromatic N) is 10. The molecule has 24 nitrogen and oxygen atoms in total. The lowest BCUT2D eigenvalue weighted by molar-refractivity contribution is 0.0982. The molecule has 0 spiro atoms. The molecule has 6 heterocycles. The first kappa shape index (κ1) is 85.4. The fourth-order valence-electron chi connectivity index (χ4n) is 13.7. The molecule has 6 aromatic carbocycles. The van der Waals surface area contributed by atoms with Gasteiger partial charge in [0, 0.05) is 110 Å². The predicted octanol–water partition coefficient (Wildman–Crippen LogP) is 18.0. The Bertz CT molecular complexity index is 5160. The predicted molar refractivity (Wildman–Crippen MR) is 470 cm³/mol. The molecule has 31 heteroatoms. The van der Waals surface area contributed by atoms with Crippen LogP contribution in [-0.2, 0) is 30.0 Å². The Morgan fingerprint density at radius 1 is 0.513 bits per heavy atom. The van der Waals surface area contributed by atoms with Crippen molar-refractivity contribution in [1.82, 2.24) is 39.7 Å². The molecule has 9 aromatic rings. The maximum atomic E-state index is 12.9. The highest BCUT2D eigenvalue weighted by atomic mass is 35.5. The number of ether oxygens (including phenoxy) is 3. The Morgan fingerprint density at radius 3 is 1.55 bits per heavy atom. The zero-order valence-corrected chi connectivity index (χ0v) is 72.5. The number of likely N-dealkylation sites (N-methyl/N-ethyl adjacent to an activating group) is 1. The first-order valence-corrected chi connectivity index (χ1v) is 48.5. The highest BCUT2D eigenvalue weighted by Gasteiger charge is 2.30. The number of piperidine rings is 2. The number of hydrogen-bond donors (Lipinski definition) is 6. The van der Waals surface area contributed by atoms with Crippen molar-refractivity contribution >= 4 is 169 Å². The van der Waals surface area contributed by atoms with Gasteiger partial charge in [-0.3, -0.25) is 4.90 Å². The highest BCUT2D eigenvalue weighted by Crippen LogP contribution is 2.44. The number of hydrogen-bond acceptors (Lipinski definition) is 24. The van der Waals surface area contributed by atoms with E-state index in [9.17, 15) is 22.1 Å².